The summed E-state index contributed by atoms with van der Waals surface area (Å²) in [6, 6.07) is 12.4. The molecule has 2 rings (SSSR count). The molecule has 0 fully saturated rings. The Labute approximate surface area is 167 Å². The van der Waals surface area contributed by atoms with E-state index in [1.807, 2.05) is 0 Å². The van der Waals surface area contributed by atoms with Gasteiger partial charge in [0.25, 0.3) is 5.91 Å². The Balaban J connectivity index is 1.94. The molecule has 0 aliphatic heterocycles. The summed E-state index contributed by atoms with van der Waals surface area (Å²) < 4.78 is 0. The van der Waals surface area contributed by atoms with Crippen LogP contribution in [-0.2, 0) is 16.0 Å². The van der Waals surface area contributed by atoms with Gasteiger partial charge in [0.1, 0.15) is 5.84 Å². The van der Waals surface area contributed by atoms with Gasteiger partial charge in [0, 0.05) is 23.4 Å². The minimum atomic E-state index is -1.00. The van der Waals surface area contributed by atoms with Gasteiger partial charge in [-0.2, -0.15) is 0 Å². The number of anilines is 1. The van der Waals surface area contributed by atoms with Crippen LogP contribution in [0.3, 0.4) is 0 Å². The smallest absolute Gasteiger partial charge is 0.305 e. The van der Waals surface area contributed by atoms with Crippen LogP contribution >= 0.6 is 0 Å². The van der Waals surface area contributed by atoms with E-state index in [2.05, 4.69) is 10.6 Å². The molecule has 152 valence electrons. The largest absolute Gasteiger partial charge is 0.481 e. The summed E-state index contributed by atoms with van der Waals surface area (Å²) >= 11 is 0. The Morgan fingerprint density at radius 1 is 1.07 bits per heavy atom. The number of carboxylic acids is 1. The number of benzene rings is 2. The summed E-state index contributed by atoms with van der Waals surface area (Å²) in [6.07, 6.45) is 0.115. The number of rotatable bonds is 9. The maximum absolute atomic E-state index is 12.4. The molecule has 0 unspecified atom stereocenters. The highest BCUT2D eigenvalue weighted by Crippen LogP contribution is 2.12. The van der Waals surface area contributed by atoms with E-state index in [4.69, 9.17) is 22.0 Å². The zero-order chi connectivity index (χ0) is 21.4. The van der Waals surface area contributed by atoms with Crippen molar-refractivity contribution in [2.75, 3.05) is 11.9 Å². The van der Waals surface area contributed by atoms with Gasteiger partial charge in [-0.25, -0.2) is 0 Å². The second kappa shape index (κ2) is 10.00. The molecule has 0 aliphatic rings. The second-order valence-electron chi connectivity index (χ2n) is 6.39. The van der Waals surface area contributed by atoms with Crippen molar-refractivity contribution in [2.45, 2.75) is 18.9 Å². The van der Waals surface area contributed by atoms with Crippen LogP contribution in [0.4, 0.5) is 5.69 Å². The van der Waals surface area contributed by atoms with E-state index in [0.717, 1.165) is 5.56 Å². The first-order chi connectivity index (χ1) is 13.8. The molecule has 29 heavy (non-hydrogen) atoms. The highest BCUT2D eigenvalue weighted by atomic mass is 16.4. The molecule has 0 radical (unpaired) electrons. The fourth-order valence-electron chi connectivity index (χ4n) is 2.53. The summed E-state index contributed by atoms with van der Waals surface area (Å²) in [5, 5.41) is 21.2. The minimum absolute atomic E-state index is 0.0120. The van der Waals surface area contributed by atoms with Crippen LogP contribution in [0.15, 0.2) is 48.5 Å². The molecule has 0 heterocycles. The summed E-state index contributed by atoms with van der Waals surface area (Å²) in [6.45, 7) is 0.0120. The van der Waals surface area contributed by atoms with Crippen molar-refractivity contribution in [3.8, 4) is 0 Å². The van der Waals surface area contributed by atoms with Crippen molar-refractivity contribution in [3.05, 3.63) is 65.2 Å². The van der Waals surface area contributed by atoms with E-state index >= 15 is 0 Å². The molecule has 0 saturated heterocycles. The lowest BCUT2D eigenvalue weighted by molar-refractivity contribution is -0.136. The molecule has 0 saturated carbocycles. The molecule has 8 N–H and O–H groups in total. The summed E-state index contributed by atoms with van der Waals surface area (Å²) in [5.41, 5.74) is 13.5. The Morgan fingerprint density at radius 2 is 1.76 bits per heavy atom. The molecule has 0 spiro atoms. The van der Waals surface area contributed by atoms with Gasteiger partial charge in [0.15, 0.2) is 0 Å². The Bertz CT molecular complexity index is 911. The third-order valence-electron chi connectivity index (χ3n) is 4.07. The van der Waals surface area contributed by atoms with Gasteiger partial charge in [-0.05, 0) is 30.2 Å². The van der Waals surface area contributed by atoms with Crippen molar-refractivity contribution in [1.29, 1.82) is 5.41 Å². The van der Waals surface area contributed by atoms with Crippen LogP contribution in [0.25, 0.3) is 0 Å². The standard InChI is InChI=1S/C20H23N5O4/c21-16(10-12-4-6-13(7-5-12)18(22)23)20(29)25-15-3-1-2-14(11-15)19(28)24-9-8-17(26)27/h1-7,11,16H,8-10,21H2,(H3,22,23)(H,24,28)(H,25,29)(H,26,27)/t16-/m1/s1. The van der Waals surface area contributed by atoms with E-state index < -0.39 is 23.8 Å². The van der Waals surface area contributed by atoms with Crippen LogP contribution in [0, 0.1) is 5.41 Å². The van der Waals surface area contributed by atoms with Gasteiger partial charge in [-0.3, -0.25) is 19.8 Å². The van der Waals surface area contributed by atoms with Gasteiger partial charge < -0.3 is 27.2 Å². The number of amides is 2. The number of aliphatic carboxylic acids is 1. The zero-order valence-electron chi connectivity index (χ0n) is 15.6. The first kappa shape index (κ1) is 21.6. The summed E-state index contributed by atoms with van der Waals surface area (Å²) in [5.74, 6) is -1.89. The molecule has 0 bridgehead atoms. The third-order valence-corrected chi connectivity index (χ3v) is 4.07. The Morgan fingerprint density at radius 3 is 2.38 bits per heavy atom. The van der Waals surface area contributed by atoms with E-state index in [1.165, 1.54) is 6.07 Å². The number of hydrogen-bond acceptors (Lipinski definition) is 5. The van der Waals surface area contributed by atoms with Gasteiger partial charge in [0.2, 0.25) is 5.91 Å². The van der Waals surface area contributed by atoms with Gasteiger partial charge >= 0.3 is 5.97 Å². The molecule has 0 aromatic heterocycles. The van der Waals surface area contributed by atoms with Crippen LogP contribution in [0.2, 0.25) is 0 Å². The number of hydrogen-bond donors (Lipinski definition) is 6. The van der Waals surface area contributed by atoms with E-state index in [9.17, 15) is 14.4 Å². The van der Waals surface area contributed by atoms with Crippen molar-refractivity contribution in [1.82, 2.24) is 5.32 Å². The lowest BCUT2D eigenvalue weighted by atomic mass is 10.0. The van der Waals surface area contributed by atoms with Gasteiger partial charge in [0.05, 0.1) is 12.5 Å². The zero-order valence-corrected chi connectivity index (χ0v) is 15.6. The predicted molar refractivity (Wildman–Crippen MR) is 109 cm³/mol. The molecule has 0 aliphatic carbocycles. The molecule has 9 nitrogen and oxygen atoms in total. The second-order valence-corrected chi connectivity index (χ2v) is 6.39. The molecule has 2 aromatic rings. The number of nitrogen functional groups attached to an aromatic ring is 1. The number of nitrogens with one attached hydrogen (secondary N) is 3. The number of carboxylic acid groups (broad SMARTS) is 1. The summed E-state index contributed by atoms with van der Waals surface area (Å²) in [7, 11) is 0. The van der Waals surface area contributed by atoms with E-state index in [-0.39, 0.29) is 18.8 Å². The first-order valence-electron chi connectivity index (χ1n) is 8.86. The first-order valence-corrected chi connectivity index (χ1v) is 8.86. The summed E-state index contributed by atoms with van der Waals surface area (Å²) in [4.78, 5) is 34.9. The molecule has 2 amide bonds. The molecule has 2 aromatic carbocycles. The monoisotopic (exact) mass is 397 g/mol. The number of carbonyl (C=O) groups excluding carboxylic acids is 2. The fourth-order valence-corrected chi connectivity index (χ4v) is 2.53. The van der Waals surface area contributed by atoms with Gasteiger partial charge in [-0.15, -0.1) is 0 Å². The van der Waals surface area contributed by atoms with Gasteiger partial charge in [-0.1, -0.05) is 30.3 Å². The third kappa shape index (κ3) is 6.74. The average Bonchev–Trinajstić information content (AvgIpc) is 2.68. The van der Waals surface area contributed by atoms with Crippen LogP contribution in [0.5, 0.6) is 0 Å². The number of carbonyl (C=O) groups is 3. The molecule has 1 atom stereocenters. The normalized spacial score (nSPS) is 11.3. The predicted octanol–water partition coefficient (Wildman–Crippen LogP) is 0.684. The number of amidine groups is 1. The van der Waals surface area contributed by atoms with Crippen molar-refractivity contribution in [2.24, 2.45) is 11.5 Å². The van der Waals surface area contributed by atoms with Crippen molar-refractivity contribution < 1.29 is 19.5 Å². The topological polar surface area (TPSA) is 171 Å². The highest BCUT2D eigenvalue weighted by molar-refractivity contribution is 5.98. The van der Waals surface area contributed by atoms with Crippen molar-refractivity contribution in [3.63, 3.8) is 0 Å². The maximum Gasteiger partial charge on any atom is 0.305 e. The lowest BCUT2D eigenvalue weighted by Gasteiger charge is -2.13. The average molecular weight is 397 g/mol. The maximum atomic E-state index is 12.4. The molecular weight excluding hydrogens is 374 g/mol. The Hall–Kier alpha value is -3.72. The number of nitrogens with two attached hydrogens (primary N) is 2. The SMILES string of the molecule is N=C(N)c1ccc(C[C@@H](N)C(=O)Nc2cccc(C(=O)NCCC(=O)O)c2)cc1. The Kier molecular flexibility index (Phi) is 7.44. The minimum Gasteiger partial charge on any atom is -0.481 e. The van der Waals surface area contributed by atoms with E-state index in [1.54, 1.807) is 42.5 Å². The van der Waals surface area contributed by atoms with Crippen LogP contribution < -0.4 is 22.1 Å². The highest BCUT2D eigenvalue weighted by Gasteiger charge is 2.15. The van der Waals surface area contributed by atoms with Crippen molar-refractivity contribution >= 4 is 29.3 Å². The lowest BCUT2D eigenvalue weighted by Crippen LogP contribution is -2.37. The molecule has 9 heteroatoms. The van der Waals surface area contributed by atoms with E-state index in [0.29, 0.717) is 23.2 Å². The molecular formula is C20H23N5O4. The van der Waals surface area contributed by atoms with Crippen LogP contribution in [0.1, 0.15) is 27.9 Å². The fraction of sp³-hybridized carbons (Fsp3) is 0.200. The quantitative estimate of drug-likeness (QED) is 0.268. The van der Waals surface area contributed by atoms with Crippen LogP contribution in [-0.4, -0.2) is 41.3 Å².